The van der Waals surface area contributed by atoms with Crippen LogP contribution in [0.3, 0.4) is 0 Å². The summed E-state index contributed by atoms with van der Waals surface area (Å²) >= 11 is 0. The number of fused-ring (bicyclic) bond motifs is 2. The van der Waals surface area contributed by atoms with E-state index in [4.69, 9.17) is 18.9 Å². The van der Waals surface area contributed by atoms with E-state index in [0.717, 1.165) is 0 Å². The molecular formula is C22H24O8. The summed E-state index contributed by atoms with van der Waals surface area (Å²) in [6, 6.07) is 0. The van der Waals surface area contributed by atoms with Crippen molar-refractivity contribution in [2.75, 3.05) is 13.2 Å². The molecule has 0 aromatic rings. The summed E-state index contributed by atoms with van der Waals surface area (Å²) < 4.78 is 23.0. The fourth-order valence-electron chi connectivity index (χ4n) is 5.33. The maximum absolute atomic E-state index is 13.2. The fourth-order valence-corrected chi connectivity index (χ4v) is 5.33. The number of esters is 2. The Labute approximate surface area is 173 Å². The molecule has 0 radical (unpaired) electrons. The van der Waals surface area contributed by atoms with Crippen molar-refractivity contribution < 1.29 is 38.1 Å². The molecule has 8 nitrogen and oxygen atoms in total. The van der Waals surface area contributed by atoms with E-state index in [9.17, 15) is 19.2 Å². The number of ketones is 2. The summed E-state index contributed by atoms with van der Waals surface area (Å²) in [7, 11) is 0. The Balaban J connectivity index is 1.62. The lowest BCUT2D eigenvalue weighted by Crippen LogP contribution is -2.56. The van der Waals surface area contributed by atoms with Gasteiger partial charge in [-0.3, -0.25) is 9.59 Å². The first kappa shape index (κ1) is 19.6. The van der Waals surface area contributed by atoms with Gasteiger partial charge in [0.2, 0.25) is 11.2 Å². The van der Waals surface area contributed by atoms with Gasteiger partial charge in [0.15, 0.2) is 11.6 Å². The second-order valence-electron chi connectivity index (χ2n) is 10.2. The highest BCUT2D eigenvalue weighted by atomic mass is 16.6. The molecular weight excluding hydrogens is 392 g/mol. The summed E-state index contributed by atoms with van der Waals surface area (Å²) in [6.45, 7) is 9.49. The van der Waals surface area contributed by atoms with Gasteiger partial charge in [0.1, 0.15) is 13.2 Å². The standard InChI is InChI=1S/C22H24O8/c1-17(2)13(23)21-11(7-19(17,5)29-21)9-28-16(26)22-12(10-27-15(21)25)8-20(6,30-22)18(3,4)14(22)24/h7-8H,9-10H2,1-6H3/t19-,20-,21-,22+/m0/s1. The lowest BCUT2D eigenvalue weighted by Gasteiger charge is -2.35. The smallest absolute Gasteiger partial charge is 0.351 e. The van der Waals surface area contributed by atoms with Crippen LogP contribution in [0.5, 0.6) is 0 Å². The molecule has 0 amide bonds. The molecule has 0 saturated carbocycles. The third-order valence-electron chi connectivity index (χ3n) is 8.08. The maximum Gasteiger partial charge on any atom is 0.351 e. The normalized spacial score (nSPS) is 45.4. The van der Waals surface area contributed by atoms with Gasteiger partial charge in [0, 0.05) is 11.1 Å². The van der Waals surface area contributed by atoms with Crippen LogP contribution in [-0.4, -0.2) is 59.1 Å². The molecule has 8 heteroatoms. The highest BCUT2D eigenvalue weighted by molar-refractivity contribution is 6.18. The first-order chi connectivity index (χ1) is 13.7. The Morgan fingerprint density at radius 3 is 1.27 bits per heavy atom. The number of ether oxygens (including phenoxy) is 4. The van der Waals surface area contributed by atoms with Crippen LogP contribution in [0.1, 0.15) is 41.5 Å². The Hall–Kier alpha value is -2.32. The van der Waals surface area contributed by atoms with Crippen LogP contribution in [0.4, 0.5) is 0 Å². The van der Waals surface area contributed by atoms with Crippen LogP contribution in [0.25, 0.3) is 0 Å². The van der Waals surface area contributed by atoms with Crippen molar-refractivity contribution in [2.45, 2.75) is 63.9 Å². The Bertz CT molecular complexity index is 950. The first-order valence-electron chi connectivity index (χ1n) is 9.98. The van der Waals surface area contributed by atoms with Crippen LogP contribution in [0.2, 0.25) is 0 Å². The van der Waals surface area contributed by atoms with Crippen LogP contribution in [0, 0.1) is 10.8 Å². The molecule has 5 aliphatic rings. The molecule has 5 aliphatic heterocycles. The summed E-state index contributed by atoms with van der Waals surface area (Å²) in [5, 5.41) is 0. The second kappa shape index (κ2) is 4.94. The van der Waals surface area contributed by atoms with Crippen molar-refractivity contribution in [3.8, 4) is 0 Å². The fraction of sp³-hybridized carbons (Fsp3) is 0.636. The van der Waals surface area contributed by atoms with Gasteiger partial charge < -0.3 is 18.9 Å². The highest BCUT2D eigenvalue weighted by Gasteiger charge is 2.77. The quantitative estimate of drug-likeness (QED) is 0.330. The number of hydrogen-bond acceptors (Lipinski definition) is 8. The maximum atomic E-state index is 13.2. The third-order valence-corrected chi connectivity index (χ3v) is 8.08. The van der Waals surface area contributed by atoms with Crippen LogP contribution < -0.4 is 0 Å². The van der Waals surface area contributed by atoms with Gasteiger partial charge in [0.25, 0.3) is 0 Å². The Morgan fingerprint density at radius 1 is 0.633 bits per heavy atom. The third kappa shape index (κ3) is 1.71. The molecule has 5 heterocycles. The summed E-state index contributed by atoms with van der Waals surface area (Å²) in [4.78, 5) is 52.9. The molecule has 30 heavy (non-hydrogen) atoms. The molecule has 2 spiro atoms. The number of hydrogen-bond donors (Lipinski definition) is 0. The number of carbonyl (C=O) groups is 4. The SMILES string of the molecule is CC1(C)C(=O)[C@@]23O[C@@]1(C)C=C2COC(=O)[C@@]12O[C@@](C)(C=C1COC3=O)C(C)(C)C2=O. The molecule has 4 bridgehead atoms. The van der Waals surface area contributed by atoms with Gasteiger partial charge in [-0.25, -0.2) is 9.59 Å². The van der Waals surface area contributed by atoms with Crippen molar-refractivity contribution in [1.29, 1.82) is 0 Å². The number of cyclic esters (lactones) is 2. The minimum atomic E-state index is -1.95. The molecule has 4 atom stereocenters. The predicted molar refractivity (Wildman–Crippen MR) is 100 cm³/mol. The first-order valence-corrected chi connectivity index (χ1v) is 9.98. The average molecular weight is 416 g/mol. The number of Topliss-reactive ketones (excluding diaryl/α,β-unsaturated/α-hetero) is 2. The number of carbonyl (C=O) groups excluding carboxylic acids is 4. The topological polar surface area (TPSA) is 105 Å². The predicted octanol–water partition coefficient (Wildman–Crippen LogP) is 1.21. The lowest BCUT2D eigenvalue weighted by atomic mass is 9.65. The molecule has 0 aliphatic carbocycles. The lowest BCUT2D eigenvalue weighted by molar-refractivity contribution is -0.177. The molecule has 3 saturated heterocycles. The van der Waals surface area contributed by atoms with E-state index in [2.05, 4.69) is 0 Å². The van der Waals surface area contributed by atoms with E-state index in [0.29, 0.717) is 0 Å². The molecule has 0 aromatic carbocycles. The van der Waals surface area contributed by atoms with Gasteiger partial charge in [-0.05, 0) is 53.7 Å². The van der Waals surface area contributed by atoms with E-state index in [1.54, 1.807) is 53.7 Å². The van der Waals surface area contributed by atoms with E-state index >= 15 is 0 Å². The van der Waals surface area contributed by atoms with E-state index in [1.165, 1.54) is 0 Å². The van der Waals surface area contributed by atoms with Crippen molar-refractivity contribution in [2.24, 2.45) is 10.8 Å². The molecule has 160 valence electrons. The molecule has 0 N–H and O–H groups in total. The van der Waals surface area contributed by atoms with Gasteiger partial charge in [0.05, 0.1) is 22.0 Å². The molecule has 3 fully saturated rings. The van der Waals surface area contributed by atoms with Gasteiger partial charge in [-0.1, -0.05) is 0 Å². The Morgan fingerprint density at radius 2 is 0.967 bits per heavy atom. The van der Waals surface area contributed by atoms with E-state index in [1.807, 2.05) is 0 Å². The van der Waals surface area contributed by atoms with Crippen molar-refractivity contribution in [3.63, 3.8) is 0 Å². The average Bonchev–Trinajstić information content (AvgIpc) is 3.25. The van der Waals surface area contributed by atoms with Gasteiger partial charge in [-0.2, -0.15) is 0 Å². The van der Waals surface area contributed by atoms with E-state index < -0.39 is 56.7 Å². The van der Waals surface area contributed by atoms with Gasteiger partial charge in [-0.15, -0.1) is 0 Å². The molecule has 0 aromatic heterocycles. The zero-order chi connectivity index (χ0) is 22.1. The van der Waals surface area contributed by atoms with Crippen molar-refractivity contribution in [1.82, 2.24) is 0 Å². The largest absolute Gasteiger partial charge is 0.458 e. The van der Waals surface area contributed by atoms with Crippen molar-refractivity contribution in [3.05, 3.63) is 23.3 Å². The summed E-state index contributed by atoms with van der Waals surface area (Å²) in [5.74, 6) is -2.62. The zero-order valence-electron chi connectivity index (χ0n) is 17.8. The second-order valence-corrected chi connectivity index (χ2v) is 10.2. The van der Waals surface area contributed by atoms with Crippen LogP contribution >= 0.6 is 0 Å². The molecule has 0 unspecified atom stereocenters. The minimum absolute atomic E-state index is 0.210. The Kier molecular flexibility index (Phi) is 3.23. The van der Waals surface area contributed by atoms with Crippen LogP contribution in [0.15, 0.2) is 23.3 Å². The van der Waals surface area contributed by atoms with Gasteiger partial charge >= 0.3 is 11.9 Å². The number of rotatable bonds is 0. The summed E-state index contributed by atoms with van der Waals surface area (Å²) in [5.41, 5.74) is -7.51. The van der Waals surface area contributed by atoms with E-state index in [-0.39, 0.29) is 24.4 Å². The monoisotopic (exact) mass is 416 g/mol. The molecule has 5 rings (SSSR count). The minimum Gasteiger partial charge on any atom is -0.458 e. The van der Waals surface area contributed by atoms with Crippen LogP contribution in [-0.2, 0) is 38.1 Å². The van der Waals surface area contributed by atoms with Crippen molar-refractivity contribution >= 4 is 23.5 Å². The summed E-state index contributed by atoms with van der Waals surface area (Å²) in [6.07, 6.45) is 3.30. The highest BCUT2D eigenvalue weighted by Crippen LogP contribution is 2.60. The zero-order valence-corrected chi connectivity index (χ0v) is 17.8.